The van der Waals surface area contributed by atoms with Gasteiger partial charge in [0.25, 0.3) is 0 Å². The Balaban J connectivity index is 1.50. The van der Waals surface area contributed by atoms with Crippen LogP contribution in [0.2, 0.25) is 0 Å². The number of nitrogens with two attached hydrogens (primary N) is 1. The molecule has 1 fully saturated rings. The van der Waals surface area contributed by atoms with Crippen molar-refractivity contribution in [2.45, 2.75) is 12.2 Å². The predicted molar refractivity (Wildman–Crippen MR) is 106 cm³/mol. The molecule has 156 valence electrons. The van der Waals surface area contributed by atoms with Crippen LogP contribution in [0.15, 0.2) is 42.5 Å². The Hall–Kier alpha value is -3.04. The highest BCUT2D eigenvalue weighted by Gasteiger charge is 2.31. The first kappa shape index (κ1) is 20.7. The van der Waals surface area contributed by atoms with Gasteiger partial charge in [0.15, 0.2) is 11.6 Å². The molecule has 1 amide bonds. The summed E-state index contributed by atoms with van der Waals surface area (Å²) in [4.78, 5) is 13.1. The van der Waals surface area contributed by atoms with Gasteiger partial charge in [0.2, 0.25) is 0 Å². The average molecular weight is 405 g/mol. The number of halogens is 1. The first-order valence-electron chi connectivity index (χ1n) is 9.16. The molecule has 8 nitrogen and oxygen atoms in total. The molecule has 29 heavy (non-hydrogen) atoms. The quantitative estimate of drug-likeness (QED) is 0.586. The zero-order valence-electron chi connectivity index (χ0n) is 16.0. The molecule has 4 N–H and O–H groups in total. The lowest BCUT2D eigenvalue weighted by molar-refractivity contribution is 0.115. The first-order valence-corrected chi connectivity index (χ1v) is 9.16. The van der Waals surface area contributed by atoms with Gasteiger partial charge in [-0.05, 0) is 36.4 Å². The normalized spacial score (nSPS) is 17.0. The Bertz CT molecular complexity index is 833. The third-order valence-electron chi connectivity index (χ3n) is 4.43. The SMILES string of the molecule is COc1ccc(NCC(O)COc2ccc(N3C[C@@H](CN)OC3=O)cc2F)cc1. The smallest absolute Gasteiger partial charge is 0.414 e. The zero-order chi connectivity index (χ0) is 20.8. The summed E-state index contributed by atoms with van der Waals surface area (Å²) in [6, 6.07) is 11.4. The largest absolute Gasteiger partial charge is 0.497 e. The molecule has 2 aromatic carbocycles. The van der Waals surface area contributed by atoms with Crippen molar-refractivity contribution in [2.75, 3.05) is 43.6 Å². The fourth-order valence-corrected chi connectivity index (χ4v) is 2.82. The zero-order valence-corrected chi connectivity index (χ0v) is 16.0. The monoisotopic (exact) mass is 405 g/mol. The van der Waals surface area contributed by atoms with Crippen LogP contribution in [0.1, 0.15) is 0 Å². The molecule has 1 unspecified atom stereocenters. The second-order valence-electron chi connectivity index (χ2n) is 6.54. The maximum Gasteiger partial charge on any atom is 0.414 e. The third-order valence-corrected chi connectivity index (χ3v) is 4.43. The lowest BCUT2D eigenvalue weighted by Crippen LogP contribution is -2.27. The van der Waals surface area contributed by atoms with Crippen LogP contribution in [-0.4, -0.2) is 56.8 Å². The number of hydrogen-bond donors (Lipinski definition) is 3. The lowest BCUT2D eigenvalue weighted by Gasteiger charge is -2.16. The second-order valence-corrected chi connectivity index (χ2v) is 6.54. The van der Waals surface area contributed by atoms with Crippen LogP contribution in [-0.2, 0) is 4.74 Å². The number of methoxy groups -OCH3 is 1. The molecular weight excluding hydrogens is 381 g/mol. The molecule has 0 bridgehead atoms. The number of benzene rings is 2. The van der Waals surface area contributed by atoms with Crippen molar-refractivity contribution >= 4 is 17.5 Å². The van der Waals surface area contributed by atoms with Crippen LogP contribution in [0.5, 0.6) is 11.5 Å². The summed E-state index contributed by atoms with van der Waals surface area (Å²) in [6.07, 6.45) is -1.82. The van der Waals surface area contributed by atoms with Gasteiger partial charge in [-0.15, -0.1) is 0 Å². The van der Waals surface area contributed by atoms with Crippen molar-refractivity contribution in [3.8, 4) is 11.5 Å². The van der Waals surface area contributed by atoms with Gasteiger partial charge in [-0.1, -0.05) is 0 Å². The number of carbonyl (C=O) groups is 1. The molecule has 0 aliphatic carbocycles. The summed E-state index contributed by atoms with van der Waals surface area (Å²) in [5, 5.41) is 13.1. The van der Waals surface area contributed by atoms with E-state index in [9.17, 15) is 14.3 Å². The Morgan fingerprint density at radius 2 is 2.10 bits per heavy atom. The molecule has 1 aliphatic rings. The standard InChI is InChI=1S/C20H24FN3O5/c1-27-16-5-2-13(3-6-16)23-10-15(25)12-28-19-7-4-14(8-18(19)21)24-11-17(9-22)29-20(24)26/h2-8,15,17,23,25H,9-12,22H2,1H3/t15?,17-/m1/s1. The minimum absolute atomic E-state index is 0.0137. The number of amides is 1. The van der Waals surface area contributed by atoms with Gasteiger partial charge in [-0.3, -0.25) is 4.90 Å². The van der Waals surface area contributed by atoms with E-state index in [4.69, 9.17) is 19.9 Å². The molecular formula is C20H24FN3O5. The highest BCUT2D eigenvalue weighted by Crippen LogP contribution is 2.27. The van der Waals surface area contributed by atoms with Crippen LogP contribution in [0.25, 0.3) is 0 Å². The maximum absolute atomic E-state index is 14.3. The summed E-state index contributed by atoms with van der Waals surface area (Å²) in [5.74, 6) is 0.0843. The van der Waals surface area contributed by atoms with Crippen LogP contribution in [0, 0.1) is 5.82 Å². The summed E-state index contributed by atoms with van der Waals surface area (Å²) in [5.41, 5.74) is 6.67. The van der Waals surface area contributed by atoms with E-state index in [1.54, 1.807) is 25.3 Å². The molecule has 9 heteroatoms. The Labute approximate surface area is 168 Å². The van der Waals surface area contributed by atoms with Gasteiger partial charge in [0.05, 0.1) is 19.3 Å². The van der Waals surface area contributed by atoms with E-state index >= 15 is 0 Å². The van der Waals surface area contributed by atoms with Gasteiger partial charge in [-0.2, -0.15) is 0 Å². The molecule has 0 aromatic heterocycles. The number of ether oxygens (including phenoxy) is 3. The second kappa shape index (κ2) is 9.44. The van der Waals surface area contributed by atoms with Crippen LogP contribution >= 0.6 is 0 Å². The van der Waals surface area contributed by atoms with E-state index in [0.29, 0.717) is 5.69 Å². The number of cyclic esters (lactones) is 1. The number of aliphatic hydroxyl groups excluding tert-OH is 1. The van der Waals surface area contributed by atoms with Crippen molar-refractivity contribution in [2.24, 2.45) is 5.73 Å². The van der Waals surface area contributed by atoms with E-state index in [-0.39, 0.29) is 32.0 Å². The van der Waals surface area contributed by atoms with Crippen molar-refractivity contribution in [3.63, 3.8) is 0 Å². The van der Waals surface area contributed by atoms with E-state index in [0.717, 1.165) is 11.4 Å². The van der Waals surface area contributed by atoms with Crippen molar-refractivity contribution in [1.29, 1.82) is 0 Å². The predicted octanol–water partition coefficient (Wildman–Crippen LogP) is 1.97. The Morgan fingerprint density at radius 1 is 1.34 bits per heavy atom. The summed E-state index contributed by atoms with van der Waals surface area (Å²) in [6.45, 7) is 0.603. The molecule has 2 atom stereocenters. The van der Waals surface area contributed by atoms with Crippen molar-refractivity contribution in [3.05, 3.63) is 48.3 Å². The summed E-state index contributed by atoms with van der Waals surface area (Å²) in [7, 11) is 1.59. The first-order chi connectivity index (χ1) is 14.0. The number of anilines is 2. The van der Waals surface area contributed by atoms with Gasteiger partial charge in [0.1, 0.15) is 24.6 Å². The minimum atomic E-state index is -0.852. The molecule has 0 saturated carbocycles. The number of nitrogens with zero attached hydrogens (tertiary/aromatic N) is 1. The van der Waals surface area contributed by atoms with E-state index in [1.807, 2.05) is 12.1 Å². The molecule has 3 rings (SSSR count). The third kappa shape index (κ3) is 5.27. The number of hydrogen-bond acceptors (Lipinski definition) is 7. The van der Waals surface area contributed by atoms with Gasteiger partial charge in [-0.25, -0.2) is 9.18 Å². The van der Waals surface area contributed by atoms with Gasteiger partial charge in [0, 0.05) is 24.8 Å². The topological polar surface area (TPSA) is 106 Å². The highest BCUT2D eigenvalue weighted by atomic mass is 19.1. The number of nitrogens with one attached hydrogen (secondary N) is 1. The molecule has 0 radical (unpaired) electrons. The van der Waals surface area contributed by atoms with E-state index in [2.05, 4.69) is 5.32 Å². The minimum Gasteiger partial charge on any atom is -0.497 e. The molecule has 1 heterocycles. The fraction of sp³-hybridized carbons (Fsp3) is 0.350. The van der Waals surface area contributed by atoms with Crippen molar-refractivity contribution in [1.82, 2.24) is 0 Å². The van der Waals surface area contributed by atoms with Crippen LogP contribution in [0.3, 0.4) is 0 Å². The average Bonchev–Trinajstić information content (AvgIpc) is 3.12. The fourth-order valence-electron chi connectivity index (χ4n) is 2.82. The highest BCUT2D eigenvalue weighted by molar-refractivity contribution is 5.89. The Morgan fingerprint density at radius 3 is 2.72 bits per heavy atom. The van der Waals surface area contributed by atoms with Crippen LogP contribution < -0.4 is 25.4 Å². The van der Waals surface area contributed by atoms with E-state index in [1.165, 1.54) is 17.0 Å². The number of rotatable bonds is 9. The molecule has 0 spiro atoms. The van der Waals surface area contributed by atoms with Gasteiger partial charge < -0.3 is 30.4 Å². The van der Waals surface area contributed by atoms with Gasteiger partial charge >= 0.3 is 6.09 Å². The maximum atomic E-state index is 14.3. The van der Waals surface area contributed by atoms with E-state index < -0.39 is 24.1 Å². The molecule has 1 saturated heterocycles. The Kier molecular flexibility index (Phi) is 6.73. The summed E-state index contributed by atoms with van der Waals surface area (Å²) < 4.78 is 29.9. The lowest BCUT2D eigenvalue weighted by atomic mass is 10.2. The molecule has 2 aromatic rings. The summed E-state index contributed by atoms with van der Waals surface area (Å²) >= 11 is 0. The van der Waals surface area contributed by atoms with Crippen LogP contribution in [0.4, 0.5) is 20.6 Å². The van der Waals surface area contributed by atoms with Crippen molar-refractivity contribution < 1.29 is 28.5 Å². The number of carbonyl (C=O) groups excluding carboxylic acids is 1. The number of aliphatic hydroxyl groups is 1. The molecule has 1 aliphatic heterocycles.